The van der Waals surface area contributed by atoms with Gasteiger partial charge in [0, 0.05) is 23.6 Å². The maximum Gasteiger partial charge on any atom is 0.341 e. The van der Waals surface area contributed by atoms with Gasteiger partial charge in [0.1, 0.15) is 22.1 Å². The van der Waals surface area contributed by atoms with E-state index in [1.807, 2.05) is 19.1 Å². The Morgan fingerprint density at radius 3 is 2.52 bits per heavy atom. The first-order chi connectivity index (χ1) is 19.2. The summed E-state index contributed by atoms with van der Waals surface area (Å²) in [5.74, 6) is -1.49. The van der Waals surface area contributed by atoms with Crippen molar-refractivity contribution < 1.29 is 32.6 Å². The Hall–Kier alpha value is -3.97. The number of nitrogens with one attached hydrogen (secondary N) is 1. The van der Waals surface area contributed by atoms with Gasteiger partial charge in [-0.05, 0) is 43.7 Å². The molecule has 4 aromatic rings. The molecule has 0 bridgehead atoms. The van der Waals surface area contributed by atoms with Crippen molar-refractivity contribution in [1.29, 1.82) is 0 Å². The Labute approximate surface area is 237 Å². The Morgan fingerprint density at radius 2 is 1.88 bits per heavy atom. The van der Waals surface area contributed by atoms with Gasteiger partial charge in [-0.2, -0.15) is 0 Å². The number of benzene rings is 2. The maximum atomic E-state index is 14.0. The van der Waals surface area contributed by atoms with E-state index in [-0.39, 0.29) is 23.0 Å². The van der Waals surface area contributed by atoms with E-state index in [4.69, 9.17) is 14.2 Å². The van der Waals surface area contributed by atoms with Gasteiger partial charge >= 0.3 is 5.97 Å². The van der Waals surface area contributed by atoms with Crippen LogP contribution < -0.4 is 14.8 Å². The van der Waals surface area contributed by atoms with Crippen LogP contribution in [0.15, 0.2) is 53.0 Å². The number of ether oxygens (including phenoxy) is 3. The van der Waals surface area contributed by atoms with E-state index >= 15 is 0 Å². The van der Waals surface area contributed by atoms with Gasteiger partial charge in [0.15, 0.2) is 28.7 Å². The van der Waals surface area contributed by atoms with Crippen molar-refractivity contribution in [2.75, 3.05) is 25.3 Å². The molecule has 1 atom stereocenters. The zero-order valence-corrected chi connectivity index (χ0v) is 23.7. The zero-order valence-electron chi connectivity index (χ0n) is 22.1. The molecule has 4 rings (SSSR count). The highest BCUT2D eigenvalue weighted by Crippen LogP contribution is 2.37. The second kappa shape index (κ2) is 12.9. The molecular formula is C27H26F2N4O5S2. The summed E-state index contributed by atoms with van der Waals surface area (Å²) in [6.07, 6.45) is -0.694. The summed E-state index contributed by atoms with van der Waals surface area (Å²) in [6, 6.07) is 10.3. The number of hydrogen-bond donors (Lipinski definition) is 1. The molecule has 0 saturated heterocycles. The van der Waals surface area contributed by atoms with Crippen LogP contribution in [0.1, 0.15) is 36.1 Å². The highest BCUT2D eigenvalue weighted by Gasteiger charge is 2.24. The van der Waals surface area contributed by atoms with Crippen LogP contribution in [0, 0.1) is 11.6 Å². The van der Waals surface area contributed by atoms with E-state index in [9.17, 15) is 18.4 Å². The van der Waals surface area contributed by atoms with Crippen LogP contribution in [0.4, 0.5) is 13.8 Å². The molecule has 1 amide bonds. The van der Waals surface area contributed by atoms with E-state index < -0.39 is 23.7 Å². The minimum absolute atomic E-state index is 0.0175. The number of anilines is 1. The predicted molar refractivity (Wildman–Crippen MR) is 148 cm³/mol. The lowest BCUT2D eigenvalue weighted by Gasteiger charge is -2.16. The summed E-state index contributed by atoms with van der Waals surface area (Å²) < 4.78 is 44.8. The lowest BCUT2D eigenvalue weighted by Crippen LogP contribution is -2.17. The number of aromatic nitrogens is 3. The number of carbonyl (C=O) groups excluding carboxylic acids is 2. The van der Waals surface area contributed by atoms with Gasteiger partial charge in [0.25, 0.3) is 0 Å². The molecule has 1 unspecified atom stereocenters. The number of thiophene rings is 1. The summed E-state index contributed by atoms with van der Waals surface area (Å²) >= 11 is 2.36. The molecule has 9 nitrogen and oxygen atoms in total. The predicted octanol–water partition coefficient (Wildman–Crippen LogP) is 5.97. The second-order valence-corrected chi connectivity index (χ2v) is 10.2. The first-order valence-electron chi connectivity index (χ1n) is 12.1. The molecule has 0 spiro atoms. The molecule has 2 aromatic carbocycles. The smallest absolute Gasteiger partial charge is 0.341 e. The summed E-state index contributed by atoms with van der Waals surface area (Å²) in [7, 11) is 2.85. The molecule has 0 saturated carbocycles. The van der Waals surface area contributed by atoms with Crippen LogP contribution in [0.25, 0.3) is 11.1 Å². The average Bonchev–Trinajstić information content (AvgIpc) is 3.57. The Morgan fingerprint density at radius 1 is 1.12 bits per heavy atom. The van der Waals surface area contributed by atoms with Crippen molar-refractivity contribution in [3.63, 3.8) is 0 Å². The number of rotatable bonds is 11. The van der Waals surface area contributed by atoms with Gasteiger partial charge < -0.3 is 24.1 Å². The summed E-state index contributed by atoms with van der Waals surface area (Å²) in [4.78, 5) is 25.5. The molecule has 2 aromatic heterocycles. The topological polar surface area (TPSA) is 105 Å². The van der Waals surface area contributed by atoms with Crippen LogP contribution in [0.3, 0.4) is 0 Å². The van der Waals surface area contributed by atoms with Gasteiger partial charge in [0.05, 0.1) is 20.0 Å². The zero-order chi connectivity index (χ0) is 28.8. The van der Waals surface area contributed by atoms with Crippen molar-refractivity contribution in [3.05, 3.63) is 70.9 Å². The van der Waals surface area contributed by atoms with Crippen LogP contribution >= 0.6 is 23.1 Å². The largest absolute Gasteiger partial charge is 0.497 e. The standard InChI is InChI=1S/C27H26F2N4O5S2/c1-5-33-24(15(2)38-21-11-8-17(28)12-20(21)29)31-32-27(33)40-14-22(34)30-25-23(26(35)37-4)19(13-39-25)16-6-9-18(36-3)10-7-16/h6-13,15H,5,14H2,1-4H3,(H,30,34). The second-order valence-electron chi connectivity index (χ2n) is 8.33. The molecule has 210 valence electrons. The first kappa shape index (κ1) is 29.0. The van der Waals surface area contributed by atoms with Crippen LogP contribution in [0.5, 0.6) is 11.5 Å². The molecule has 0 aliphatic carbocycles. The van der Waals surface area contributed by atoms with Gasteiger partial charge in [-0.15, -0.1) is 21.5 Å². The first-order valence-corrected chi connectivity index (χ1v) is 13.9. The highest BCUT2D eigenvalue weighted by molar-refractivity contribution is 7.99. The number of hydrogen-bond acceptors (Lipinski definition) is 9. The Balaban J connectivity index is 1.46. The minimum atomic E-state index is -0.823. The fourth-order valence-corrected chi connectivity index (χ4v) is 5.63. The molecular weight excluding hydrogens is 562 g/mol. The third-order valence-corrected chi connectivity index (χ3v) is 7.65. The van der Waals surface area contributed by atoms with Crippen LogP contribution in [0.2, 0.25) is 0 Å². The van der Waals surface area contributed by atoms with Crippen molar-refractivity contribution >= 4 is 40.0 Å². The fraction of sp³-hybridized carbons (Fsp3) is 0.259. The van der Waals surface area contributed by atoms with E-state index in [2.05, 4.69) is 15.5 Å². The number of esters is 1. The third-order valence-electron chi connectivity index (χ3n) is 5.79. The van der Waals surface area contributed by atoms with E-state index in [0.29, 0.717) is 33.8 Å². The van der Waals surface area contributed by atoms with Crippen molar-refractivity contribution in [2.45, 2.75) is 31.7 Å². The molecule has 0 aliphatic rings. The fourth-order valence-electron chi connectivity index (χ4n) is 3.85. The molecule has 0 radical (unpaired) electrons. The number of carbonyl (C=O) groups is 2. The van der Waals surface area contributed by atoms with E-state index in [1.165, 1.54) is 24.5 Å². The van der Waals surface area contributed by atoms with Crippen LogP contribution in [-0.2, 0) is 16.1 Å². The average molecular weight is 589 g/mol. The summed E-state index contributed by atoms with van der Waals surface area (Å²) in [5, 5.41) is 13.7. The quantitative estimate of drug-likeness (QED) is 0.169. The maximum absolute atomic E-state index is 14.0. The summed E-state index contributed by atoms with van der Waals surface area (Å²) in [6.45, 7) is 4.01. The lowest BCUT2D eigenvalue weighted by molar-refractivity contribution is -0.113. The number of nitrogens with zero attached hydrogens (tertiary/aromatic N) is 3. The Kier molecular flexibility index (Phi) is 9.38. The normalized spacial score (nSPS) is 11.7. The van der Waals surface area contributed by atoms with E-state index in [0.717, 1.165) is 29.5 Å². The van der Waals surface area contributed by atoms with E-state index in [1.54, 1.807) is 36.1 Å². The van der Waals surface area contributed by atoms with Gasteiger partial charge in [-0.3, -0.25) is 4.79 Å². The van der Waals surface area contributed by atoms with Gasteiger partial charge in [0.2, 0.25) is 5.91 Å². The van der Waals surface area contributed by atoms with Crippen molar-refractivity contribution in [2.24, 2.45) is 0 Å². The van der Waals surface area contributed by atoms with Crippen molar-refractivity contribution in [3.8, 4) is 22.6 Å². The number of amides is 1. The van der Waals surface area contributed by atoms with Gasteiger partial charge in [-0.25, -0.2) is 13.6 Å². The number of halogens is 2. The van der Waals surface area contributed by atoms with Crippen molar-refractivity contribution in [1.82, 2.24) is 14.8 Å². The SMILES string of the molecule is CCn1c(SCC(=O)Nc2scc(-c3ccc(OC)cc3)c2C(=O)OC)nnc1C(C)Oc1ccc(F)cc1F. The highest BCUT2D eigenvalue weighted by atomic mass is 32.2. The number of thioether (sulfide) groups is 1. The lowest BCUT2D eigenvalue weighted by atomic mass is 10.0. The Bertz CT molecular complexity index is 1510. The minimum Gasteiger partial charge on any atom is -0.497 e. The molecule has 40 heavy (non-hydrogen) atoms. The molecule has 2 heterocycles. The molecule has 13 heteroatoms. The van der Waals surface area contributed by atoms with Crippen LogP contribution in [-0.4, -0.2) is 46.6 Å². The summed E-state index contributed by atoms with van der Waals surface area (Å²) in [5.41, 5.74) is 1.66. The molecule has 0 aliphatic heterocycles. The number of methoxy groups -OCH3 is 2. The monoisotopic (exact) mass is 588 g/mol. The molecule has 0 fully saturated rings. The van der Waals surface area contributed by atoms with Gasteiger partial charge in [-0.1, -0.05) is 23.9 Å². The third kappa shape index (κ3) is 6.42. The molecule has 1 N–H and O–H groups in total.